The van der Waals surface area contributed by atoms with Gasteiger partial charge in [0.05, 0.1) is 5.92 Å². The molecule has 4 heteroatoms. The normalized spacial score (nSPS) is 18.4. The Balaban J connectivity index is 2.64. The van der Waals surface area contributed by atoms with Crippen LogP contribution in [-0.2, 0) is 11.2 Å². The number of Topliss-reactive ketones (excluding diaryl/α,β-unsaturated/α-hetero) is 3. The van der Waals surface area contributed by atoms with Gasteiger partial charge < -0.3 is 0 Å². The van der Waals surface area contributed by atoms with Gasteiger partial charge in [0.1, 0.15) is 5.78 Å². The zero-order valence-corrected chi connectivity index (χ0v) is 11.0. The summed E-state index contributed by atoms with van der Waals surface area (Å²) in [6.07, 6.45) is 1.04. The summed E-state index contributed by atoms with van der Waals surface area (Å²) in [5.41, 5.74) is 1.42. The third-order valence-corrected chi connectivity index (χ3v) is 3.73. The Morgan fingerprint density at radius 3 is 2.50 bits per heavy atom. The molecule has 18 heavy (non-hydrogen) atoms. The van der Waals surface area contributed by atoms with Crippen molar-refractivity contribution in [1.82, 2.24) is 0 Å². The van der Waals surface area contributed by atoms with Crippen LogP contribution in [0.3, 0.4) is 0 Å². The predicted octanol–water partition coefficient (Wildman–Crippen LogP) is 2.88. The first-order valence-electron chi connectivity index (χ1n) is 5.80. The van der Waals surface area contributed by atoms with Gasteiger partial charge in [0.25, 0.3) is 0 Å². The molecular formula is C14H13ClO3. The molecule has 0 spiro atoms. The summed E-state index contributed by atoms with van der Waals surface area (Å²) in [7, 11) is 0. The topological polar surface area (TPSA) is 51.2 Å². The van der Waals surface area contributed by atoms with E-state index in [1.807, 2.05) is 0 Å². The van der Waals surface area contributed by atoms with Crippen LogP contribution in [0.5, 0.6) is 0 Å². The molecule has 0 N–H and O–H groups in total. The minimum atomic E-state index is -0.630. The maximum atomic E-state index is 12.3. The molecule has 0 saturated carbocycles. The lowest BCUT2D eigenvalue weighted by Crippen LogP contribution is -2.29. The maximum Gasteiger partial charge on any atom is 0.174 e. The standard InChI is InChI=1S/C14H13ClO3/c1-7(16)9-5-6-12(15)11-4-3-10(8(2)17)14(18)13(9)11/h5-6,10H,3-4H2,1-2H3. The van der Waals surface area contributed by atoms with E-state index < -0.39 is 5.92 Å². The summed E-state index contributed by atoms with van der Waals surface area (Å²) in [5.74, 6) is -1.23. The number of carbonyl (C=O) groups excluding carboxylic acids is 3. The fourth-order valence-corrected chi connectivity index (χ4v) is 2.68. The Bertz CT molecular complexity index is 560. The SMILES string of the molecule is CC(=O)c1ccc(Cl)c2c1C(=O)C(C(C)=O)CC2. The van der Waals surface area contributed by atoms with Gasteiger partial charge in [-0.1, -0.05) is 11.6 Å². The second-order valence-electron chi connectivity index (χ2n) is 4.57. The lowest BCUT2D eigenvalue weighted by atomic mass is 9.78. The molecule has 0 radical (unpaired) electrons. The Morgan fingerprint density at radius 1 is 1.28 bits per heavy atom. The summed E-state index contributed by atoms with van der Waals surface area (Å²) in [5, 5.41) is 0.491. The Kier molecular flexibility index (Phi) is 3.35. The van der Waals surface area contributed by atoms with E-state index in [0.29, 0.717) is 34.6 Å². The van der Waals surface area contributed by atoms with E-state index in [0.717, 1.165) is 0 Å². The summed E-state index contributed by atoms with van der Waals surface area (Å²) >= 11 is 6.06. The zero-order valence-electron chi connectivity index (χ0n) is 10.2. The third-order valence-electron chi connectivity index (χ3n) is 3.37. The highest BCUT2D eigenvalue weighted by Crippen LogP contribution is 2.33. The number of rotatable bonds is 2. The first-order valence-corrected chi connectivity index (χ1v) is 6.18. The van der Waals surface area contributed by atoms with Gasteiger partial charge in [-0.2, -0.15) is 0 Å². The van der Waals surface area contributed by atoms with Crippen LogP contribution in [-0.4, -0.2) is 17.3 Å². The van der Waals surface area contributed by atoms with Crippen LogP contribution in [0.4, 0.5) is 0 Å². The molecule has 0 heterocycles. The van der Waals surface area contributed by atoms with Crippen LogP contribution >= 0.6 is 11.6 Å². The van der Waals surface area contributed by atoms with Gasteiger partial charge in [0.2, 0.25) is 0 Å². The minimum Gasteiger partial charge on any atom is -0.299 e. The van der Waals surface area contributed by atoms with Crippen molar-refractivity contribution in [1.29, 1.82) is 0 Å². The van der Waals surface area contributed by atoms with Crippen LogP contribution in [0.1, 0.15) is 46.5 Å². The van der Waals surface area contributed by atoms with Gasteiger partial charge in [-0.3, -0.25) is 14.4 Å². The van der Waals surface area contributed by atoms with Gasteiger partial charge in [-0.05, 0) is 44.4 Å². The van der Waals surface area contributed by atoms with E-state index in [1.165, 1.54) is 13.8 Å². The minimum absolute atomic E-state index is 0.153. The predicted molar refractivity (Wildman–Crippen MR) is 68.3 cm³/mol. The van der Waals surface area contributed by atoms with E-state index in [-0.39, 0.29) is 17.3 Å². The van der Waals surface area contributed by atoms with Crippen LogP contribution in [0.25, 0.3) is 0 Å². The lowest BCUT2D eigenvalue weighted by Gasteiger charge is -2.24. The quantitative estimate of drug-likeness (QED) is 0.610. The van der Waals surface area contributed by atoms with Crippen molar-refractivity contribution in [2.24, 2.45) is 5.92 Å². The zero-order chi connectivity index (χ0) is 13.4. The molecule has 1 aromatic rings. The molecule has 1 unspecified atom stereocenters. The van der Waals surface area contributed by atoms with Gasteiger partial charge in [-0.15, -0.1) is 0 Å². The first-order chi connectivity index (χ1) is 8.43. The maximum absolute atomic E-state index is 12.3. The Labute approximate surface area is 110 Å². The first kappa shape index (κ1) is 13.0. The van der Waals surface area contributed by atoms with Crippen LogP contribution < -0.4 is 0 Å². The average Bonchev–Trinajstić information content (AvgIpc) is 2.29. The molecule has 0 aromatic heterocycles. The summed E-state index contributed by atoms with van der Waals surface area (Å²) < 4.78 is 0. The summed E-state index contributed by atoms with van der Waals surface area (Å²) in [6, 6.07) is 3.20. The number of carbonyl (C=O) groups is 3. The van der Waals surface area contributed by atoms with E-state index in [1.54, 1.807) is 12.1 Å². The van der Waals surface area contributed by atoms with E-state index in [4.69, 9.17) is 11.6 Å². The van der Waals surface area contributed by atoms with Crippen LogP contribution in [0.2, 0.25) is 5.02 Å². The van der Waals surface area contributed by atoms with Crippen molar-refractivity contribution >= 4 is 29.0 Å². The van der Waals surface area contributed by atoms with E-state index in [2.05, 4.69) is 0 Å². The molecule has 94 valence electrons. The Morgan fingerprint density at radius 2 is 1.94 bits per heavy atom. The molecule has 1 atom stereocenters. The second-order valence-corrected chi connectivity index (χ2v) is 4.98. The van der Waals surface area contributed by atoms with Crippen molar-refractivity contribution in [3.8, 4) is 0 Å². The van der Waals surface area contributed by atoms with Crippen molar-refractivity contribution in [3.05, 3.63) is 33.8 Å². The highest BCUT2D eigenvalue weighted by atomic mass is 35.5. The molecule has 2 rings (SSSR count). The highest BCUT2D eigenvalue weighted by Gasteiger charge is 2.34. The number of hydrogen-bond acceptors (Lipinski definition) is 3. The Hall–Kier alpha value is -1.48. The fraction of sp³-hybridized carbons (Fsp3) is 0.357. The van der Waals surface area contributed by atoms with Gasteiger partial charge in [0, 0.05) is 16.1 Å². The average molecular weight is 265 g/mol. The summed E-state index contributed by atoms with van der Waals surface area (Å²) in [6.45, 7) is 2.82. The second kappa shape index (κ2) is 4.65. The largest absolute Gasteiger partial charge is 0.299 e. The van der Waals surface area contributed by atoms with E-state index >= 15 is 0 Å². The number of ketones is 3. The molecule has 0 bridgehead atoms. The van der Waals surface area contributed by atoms with Gasteiger partial charge in [-0.25, -0.2) is 0 Å². The fourth-order valence-electron chi connectivity index (χ4n) is 2.42. The molecular weight excluding hydrogens is 252 g/mol. The number of fused-ring (bicyclic) bond motifs is 1. The lowest BCUT2D eigenvalue weighted by molar-refractivity contribution is -0.119. The molecule has 1 aliphatic carbocycles. The van der Waals surface area contributed by atoms with Crippen molar-refractivity contribution in [3.63, 3.8) is 0 Å². The molecule has 1 aliphatic rings. The molecule has 1 aromatic carbocycles. The van der Waals surface area contributed by atoms with Crippen molar-refractivity contribution in [2.45, 2.75) is 26.7 Å². The van der Waals surface area contributed by atoms with E-state index in [9.17, 15) is 14.4 Å². The van der Waals surface area contributed by atoms with Crippen LogP contribution in [0.15, 0.2) is 12.1 Å². The molecule has 0 aliphatic heterocycles. The molecule has 0 saturated heterocycles. The number of halogens is 1. The third kappa shape index (κ3) is 1.99. The van der Waals surface area contributed by atoms with Crippen molar-refractivity contribution < 1.29 is 14.4 Å². The smallest absolute Gasteiger partial charge is 0.174 e. The molecule has 3 nitrogen and oxygen atoms in total. The van der Waals surface area contributed by atoms with Crippen LogP contribution in [0, 0.1) is 5.92 Å². The van der Waals surface area contributed by atoms with Gasteiger partial charge in [0.15, 0.2) is 11.6 Å². The number of hydrogen-bond donors (Lipinski definition) is 0. The highest BCUT2D eigenvalue weighted by molar-refractivity contribution is 6.32. The monoisotopic (exact) mass is 264 g/mol. The summed E-state index contributed by atoms with van der Waals surface area (Å²) in [4.78, 5) is 35.3. The number of benzene rings is 1. The molecule has 0 amide bonds. The van der Waals surface area contributed by atoms with Crippen molar-refractivity contribution in [2.75, 3.05) is 0 Å². The van der Waals surface area contributed by atoms with Gasteiger partial charge >= 0.3 is 0 Å². The molecule has 0 fully saturated rings.